The first-order valence-electron chi connectivity index (χ1n) is 4.81. The van der Waals surface area contributed by atoms with Gasteiger partial charge in [0.15, 0.2) is 5.78 Å². The topological polar surface area (TPSA) is 42.9 Å². The molecule has 0 aliphatic rings. The smallest absolute Gasteiger partial charge is 0.168 e. The van der Waals surface area contributed by atoms with Gasteiger partial charge in [-0.1, -0.05) is 0 Å². The molecular weight excluding hydrogens is 207 g/mol. The first-order chi connectivity index (χ1) is 7.75. The van der Waals surface area contributed by atoms with Crippen molar-refractivity contribution in [3.63, 3.8) is 0 Å². The molecule has 0 aliphatic heterocycles. The van der Waals surface area contributed by atoms with Crippen LogP contribution in [0.25, 0.3) is 0 Å². The molecule has 0 fully saturated rings. The lowest BCUT2D eigenvalue weighted by Crippen LogP contribution is -2.05. The summed E-state index contributed by atoms with van der Waals surface area (Å²) in [5, 5.41) is 7.50. The van der Waals surface area contributed by atoms with Gasteiger partial charge in [-0.05, 0) is 36.4 Å². The van der Waals surface area contributed by atoms with Crippen LogP contribution in [0.5, 0.6) is 0 Å². The van der Waals surface area contributed by atoms with Crippen molar-refractivity contribution < 1.29 is 9.18 Å². The highest BCUT2D eigenvalue weighted by atomic mass is 19.1. The molecule has 2 rings (SSSR count). The van der Waals surface area contributed by atoms with E-state index in [-0.39, 0.29) is 18.0 Å². The number of carbonyl (C=O) groups is 1. The molecule has 0 spiro atoms. The SMILES string of the molecule is O=C(Cc1cccnn1)c1ccc(F)cc1. The van der Waals surface area contributed by atoms with Crippen molar-refractivity contribution in [3.8, 4) is 0 Å². The lowest BCUT2D eigenvalue weighted by Gasteiger charge is -1.99. The minimum absolute atomic E-state index is 0.0968. The normalized spacial score (nSPS) is 10.1. The summed E-state index contributed by atoms with van der Waals surface area (Å²) >= 11 is 0. The standard InChI is InChI=1S/C12H9FN2O/c13-10-5-3-9(4-6-10)12(16)8-11-2-1-7-14-15-11/h1-7H,8H2. The molecule has 80 valence electrons. The number of ketones is 1. The van der Waals surface area contributed by atoms with E-state index in [0.717, 1.165) is 0 Å². The van der Waals surface area contributed by atoms with Gasteiger partial charge in [-0.25, -0.2) is 4.39 Å². The Bertz CT molecular complexity index is 482. The van der Waals surface area contributed by atoms with Crippen LogP contribution in [0.4, 0.5) is 4.39 Å². The molecule has 0 aliphatic carbocycles. The van der Waals surface area contributed by atoms with Gasteiger partial charge in [0.1, 0.15) is 5.82 Å². The molecule has 0 saturated carbocycles. The predicted molar refractivity (Wildman–Crippen MR) is 56.5 cm³/mol. The van der Waals surface area contributed by atoms with E-state index in [9.17, 15) is 9.18 Å². The second kappa shape index (κ2) is 4.61. The highest BCUT2D eigenvalue weighted by Gasteiger charge is 2.07. The van der Waals surface area contributed by atoms with Gasteiger partial charge < -0.3 is 0 Å². The van der Waals surface area contributed by atoms with Crippen LogP contribution < -0.4 is 0 Å². The van der Waals surface area contributed by atoms with E-state index >= 15 is 0 Å². The molecule has 1 aromatic heterocycles. The lowest BCUT2D eigenvalue weighted by molar-refractivity contribution is 0.0991. The highest BCUT2D eigenvalue weighted by molar-refractivity contribution is 5.97. The third-order valence-electron chi connectivity index (χ3n) is 2.14. The molecule has 0 N–H and O–H groups in total. The zero-order valence-corrected chi connectivity index (χ0v) is 8.43. The van der Waals surface area contributed by atoms with Crippen LogP contribution in [0.2, 0.25) is 0 Å². The summed E-state index contributed by atoms with van der Waals surface area (Å²) in [4.78, 5) is 11.7. The fourth-order valence-electron chi connectivity index (χ4n) is 1.33. The van der Waals surface area contributed by atoms with E-state index in [4.69, 9.17) is 0 Å². The van der Waals surface area contributed by atoms with Crippen molar-refractivity contribution in [3.05, 3.63) is 59.7 Å². The van der Waals surface area contributed by atoms with E-state index in [2.05, 4.69) is 10.2 Å². The van der Waals surface area contributed by atoms with Crippen molar-refractivity contribution in [2.45, 2.75) is 6.42 Å². The van der Waals surface area contributed by atoms with E-state index < -0.39 is 0 Å². The highest BCUT2D eigenvalue weighted by Crippen LogP contribution is 2.06. The monoisotopic (exact) mass is 216 g/mol. The summed E-state index contributed by atoms with van der Waals surface area (Å²) in [6.07, 6.45) is 1.73. The predicted octanol–water partition coefficient (Wildman–Crippen LogP) is 2.04. The molecular formula is C12H9FN2O. The number of rotatable bonds is 3. The lowest BCUT2D eigenvalue weighted by atomic mass is 10.1. The van der Waals surface area contributed by atoms with Crippen molar-refractivity contribution in [1.29, 1.82) is 0 Å². The molecule has 16 heavy (non-hydrogen) atoms. The molecule has 1 heterocycles. The second-order valence-electron chi connectivity index (χ2n) is 3.32. The first-order valence-corrected chi connectivity index (χ1v) is 4.81. The molecule has 4 heteroatoms. The number of Topliss-reactive ketones (excluding diaryl/α,β-unsaturated/α-hetero) is 1. The van der Waals surface area contributed by atoms with E-state index in [1.807, 2.05) is 0 Å². The van der Waals surface area contributed by atoms with Crippen LogP contribution in [-0.2, 0) is 6.42 Å². The quantitative estimate of drug-likeness (QED) is 0.737. The maximum absolute atomic E-state index is 12.6. The summed E-state index contributed by atoms with van der Waals surface area (Å²) in [6, 6.07) is 8.92. The third-order valence-corrected chi connectivity index (χ3v) is 2.14. The molecule has 1 aromatic carbocycles. The molecule has 2 aromatic rings. The number of hydrogen-bond acceptors (Lipinski definition) is 3. The Kier molecular flexibility index (Phi) is 3.00. The molecule has 0 unspecified atom stereocenters. The Balaban J connectivity index is 2.12. The number of aromatic nitrogens is 2. The van der Waals surface area contributed by atoms with Gasteiger partial charge in [0.2, 0.25) is 0 Å². The molecule has 0 radical (unpaired) electrons. The van der Waals surface area contributed by atoms with E-state index in [1.165, 1.54) is 24.3 Å². The van der Waals surface area contributed by atoms with Gasteiger partial charge >= 0.3 is 0 Å². The maximum atomic E-state index is 12.6. The number of carbonyl (C=O) groups excluding carboxylic acids is 1. The Hall–Kier alpha value is -2.10. The van der Waals surface area contributed by atoms with Gasteiger partial charge in [0, 0.05) is 11.8 Å². The zero-order chi connectivity index (χ0) is 11.4. The van der Waals surface area contributed by atoms with Gasteiger partial charge in [0.25, 0.3) is 0 Å². The largest absolute Gasteiger partial charge is 0.294 e. The average molecular weight is 216 g/mol. The van der Waals surface area contributed by atoms with Gasteiger partial charge in [0.05, 0.1) is 12.1 Å². The van der Waals surface area contributed by atoms with Crippen molar-refractivity contribution >= 4 is 5.78 Å². The van der Waals surface area contributed by atoms with Crippen molar-refractivity contribution in [2.24, 2.45) is 0 Å². The van der Waals surface area contributed by atoms with E-state index in [1.54, 1.807) is 18.3 Å². The molecule has 0 amide bonds. The summed E-state index contributed by atoms with van der Waals surface area (Å²) in [5.74, 6) is -0.448. The molecule has 0 saturated heterocycles. The number of nitrogens with zero attached hydrogens (tertiary/aromatic N) is 2. The summed E-state index contributed by atoms with van der Waals surface area (Å²) < 4.78 is 12.6. The minimum atomic E-state index is -0.351. The number of benzene rings is 1. The molecule has 0 atom stereocenters. The Labute approximate surface area is 92.0 Å². The minimum Gasteiger partial charge on any atom is -0.294 e. The summed E-state index contributed by atoms with van der Waals surface area (Å²) in [5.41, 5.74) is 1.09. The molecule has 3 nitrogen and oxygen atoms in total. The van der Waals surface area contributed by atoms with Gasteiger partial charge in [-0.2, -0.15) is 10.2 Å². The summed E-state index contributed by atoms with van der Waals surface area (Å²) in [6.45, 7) is 0. The molecule has 0 bridgehead atoms. The van der Waals surface area contributed by atoms with Crippen LogP contribution in [0, 0.1) is 5.82 Å². The van der Waals surface area contributed by atoms with Gasteiger partial charge in [-0.15, -0.1) is 0 Å². The first kappa shape index (κ1) is 10.4. The van der Waals surface area contributed by atoms with Crippen LogP contribution >= 0.6 is 0 Å². The van der Waals surface area contributed by atoms with Crippen LogP contribution in [0.3, 0.4) is 0 Å². The fraction of sp³-hybridized carbons (Fsp3) is 0.0833. The summed E-state index contributed by atoms with van der Waals surface area (Å²) in [7, 11) is 0. The maximum Gasteiger partial charge on any atom is 0.168 e. The Morgan fingerprint density at radius 1 is 1.19 bits per heavy atom. The van der Waals surface area contributed by atoms with E-state index in [0.29, 0.717) is 11.3 Å². The Morgan fingerprint density at radius 2 is 1.94 bits per heavy atom. The van der Waals surface area contributed by atoms with Crippen LogP contribution in [0.1, 0.15) is 16.1 Å². The fourth-order valence-corrected chi connectivity index (χ4v) is 1.33. The van der Waals surface area contributed by atoms with Crippen molar-refractivity contribution in [2.75, 3.05) is 0 Å². The van der Waals surface area contributed by atoms with Crippen LogP contribution in [0.15, 0.2) is 42.6 Å². The van der Waals surface area contributed by atoms with Crippen molar-refractivity contribution in [1.82, 2.24) is 10.2 Å². The zero-order valence-electron chi connectivity index (χ0n) is 8.43. The van der Waals surface area contributed by atoms with Crippen LogP contribution in [-0.4, -0.2) is 16.0 Å². The second-order valence-corrected chi connectivity index (χ2v) is 3.32. The number of halogens is 1. The average Bonchev–Trinajstić information content (AvgIpc) is 2.31. The third kappa shape index (κ3) is 2.48. The van der Waals surface area contributed by atoms with Gasteiger partial charge in [-0.3, -0.25) is 4.79 Å². The number of hydrogen-bond donors (Lipinski definition) is 0. The Morgan fingerprint density at radius 3 is 2.56 bits per heavy atom.